The zero-order chi connectivity index (χ0) is 15.9. The van der Waals surface area contributed by atoms with Gasteiger partial charge in [-0.25, -0.2) is 0 Å². The SMILES string of the molecule is CC(C)(C=O)CCCC(C)(C)CCN1CCC(=NN)CC1. The molecule has 0 spiro atoms. The Morgan fingerprint density at radius 1 is 1.14 bits per heavy atom. The van der Waals surface area contributed by atoms with E-state index in [4.69, 9.17) is 5.84 Å². The summed E-state index contributed by atoms with van der Waals surface area (Å²) in [4.78, 5) is 13.5. The van der Waals surface area contributed by atoms with Crippen LogP contribution in [0.15, 0.2) is 5.10 Å². The van der Waals surface area contributed by atoms with Crippen LogP contribution in [-0.2, 0) is 4.79 Å². The van der Waals surface area contributed by atoms with E-state index in [2.05, 4.69) is 23.8 Å². The van der Waals surface area contributed by atoms with Crippen LogP contribution in [0.4, 0.5) is 0 Å². The van der Waals surface area contributed by atoms with Crippen LogP contribution in [0, 0.1) is 10.8 Å². The number of rotatable bonds is 8. The maximum atomic E-state index is 10.9. The van der Waals surface area contributed by atoms with Gasteiger partial charge in [0.15, 0.2) is 0 Å². The molecule has 0 radical (unpaired) electrons. The van der Waals surface area contributed by atoms with Crippen LogP contribution in [0.25, 0.3) is 0 Å². The molecular weight excluding hydrogens is 262 g/mol. The molecule has 0 aliphatic carbocycles. The fourth-order valence-corrected chi connectivity index (χ4v) is 2.83. The van der Waals surface area contributed by atoms with Crippen molar-refractivity contribution in [3.8, 4) is 0 Å². The summed E-state index contributed by atoms with van der Waals surface area (Å²) < 4.78 is 0. The Labute approximate surface area is 130 Å². The molecule has 0 atom stereocenters. The number of hydrogen-bond donors (Lipinski definition) is 1. The van der Waals surface area contributed by atoms with E-state index in [1.165, 1.54) is 12.8 Å². The molecule has 0 bridgehead atoms. The van der Waals surface area contributed by atoms with Gasteiger partial charge >= 0.3 is 0 Å². The van der Waals surface area contributed by atoms with E-state index in [1.807, 2.05) is 13.8 Å². The van der Waals surface area contributed by atoms with Crippen LogP contribution >= 0.6 is 0 Å². The third-order valence-electron chi connectivity index (χ3n) is 4.71. The molecule has 1 saturated heterocycles. The fraction of sp³-hybridized carbons (Fsp3) is 0.882. The Balaban J connectivity index is 2.25. The molecule has 1 aliphatic rings. The van der Waals surface area contributed by atoms with Crippen molar-refractivity contribution < 1.29 is 4.79 Å². The first-order valence-corrected chi connectivity index (χ1v) is 8.22. The van der Waals surface area contributed by atoms with E-state index >= 15 is 0 Å². The number of piperidine rings is 1. The topological polar surface area (TPSA) is 58.7 Å². The molecule has 0 aromatic carbocycles. The van der Waals surface area contributed by atoms with E-state index in [0.29, 0.717) is 5.41 Å². The molecule has 122 valence electrons. The number of aldehydes is 1. The first-order chi connectivity index (χ1) is 9.78. The van der Waals surface area contributed by atoms with Gasteiger partial charge in [-0.15, -0.1) is 0 Å². The lowest BCUT2D eigenvalue weighted by atomic mass is 9.80. The van der Waals surface area contributed by atoms with Crippen LogP contribution < -0.4 is 5.84 Å². The summed E-state index contributed by atoms with van der Waals surface area (Å²) in [5.41, 5.74) is 1.34. The van der Waals surface area contributed by atoms with E-state index in [1.54, 1.807) is 0 Å². The highest BCUT2D eigenvalue weighted by Crippen LogP contribution is 2.31. The molecular formula is C17H33N3O. The van der Waals surface area contributed by atoms with Gasteiger partial charge in [0.05, 0.1) is 0 Å². The number of likely N-dealkylation sites (tertiary alicyclic amines) is 1. The minimum absolute atomic E-state index is 0.166. The lowest BCUT2D eigenvalue weighted by Crippen LogP contribution is -2.36. The van der Waals surface area contributed by atoms with Crippen molar-refractivity contribution in [1.82, 2.24) is 4.90 Å². The zero-order valence-electron chi connectivity index (χ0n) is 14.3. The molecule has 0 saturated carbocycles. The Morgan fingerprint density at radius 3 is 2.29 bits per heavy atom. The predicted octanol–water partition coefficient (Wildman–Crippen LogP) is 3.21. The number of hydrazone groups is 1. The normalized spacial score (nSPS) is 17.8. The second kappa shape index (κ2) is 7.92. The van der Waals surface area contributed by atoms with E-state index in [0.717, 1.165) is 57.3 Å². The van der Waals surface area contributed by atoms with Gasteiger partial charge < -0.3 is 15.5 Å². The third-order valence-corrected chi connectivity index (χ3v) is 4.71. The van der Waals surface area contributed by atoms with Gasteiger partial charge in [0, 0.05) is 37.1 Å². The molecule has 1 fully saturated rings. The van der Waals surface area contributed by atoms with Crippen LogP contribution in [0.3, 0.4) is 0 Å². The number of nitrogens with zero attached hydrogens (tertiary/aromatic N) is 2. The minimum atomic E-state index is -0.166. The lowest BCUT2D eigenvalue weighted by molar-refractivity contribution is -0.115. The van der Waals surface area contributed by atoms with Gasteiger partial charge in [0.1, 0.15) is 6.29 Å². The van der Waals surface area contributed by atoms with Crippen molar-refractivity contribution in [2.75, 3.05) is 19.6 Å². The van der Waals surface area contributed by atoms with Crippen LogP contribution in [0.5, 0.6) is 0 Å². The Bertz CT molecular complexity index is 351. The van der Waals surface area contributed by atoms with Gasteiger partial charge in [-0.1, -0.05) is 34.1 Å². The minimum Gasteiger partial charge on any atom is -0.323 e. The van der Waals surface area contributed by atoms with Crippen molar-refractivity contribution >= 4 is 12.0 Å². The second-order valence-corrected chi connectivity index (χ2v) is 7.91. The first kappa shape index (κ1) is 18.1. The second-order valence-electron chi connectivity index (χ2n) is 7.91. The molecule has 1 rings (SSSR count). The maximum Gasteiger partial charge on any atom is 0.125 e. The van der Waals surface area contributed by atoms with Crippen LogP contribution in [0.2, 0.25) is 0 Å². The van der Waals surface area contributed by atoms with Crippen molar-refractivity contribution in [3.63, 3.8) is 0 Å². The molecule has 21 heavy (non-hydrogen) atoms. The van der Waals surface area contributed by atoms with Crippen molar-refractivity contribution in [2.45, 2.75) is 66.2 Å². The average molecular weight is 295 g/mol. The van der Waals surface area contributed by atoms with Gasteiger partial charge in [0.2, 0.25) is 0 Å². The van der Waals surface area contributed by atoms with E-state index in [-0.39, 0.29) is 5.41 Å². The highest BCUT2D eigenvalue weighted by atomic mass is 16.1. The third kappa shape index (κ3) is 7.07. The van der Waals surface area contributed by atoms with Crippen molar-refractivity contribution in [3.05, 3.63) is 0 Å². The Morgan fingerprint density at radius 2 is 1.76 bits per heavy atom. The Kier molecular flexibility index (Phi) is 6.85. The summed E-state index contributed by atoms with van der Waals surface area (Å²) in [6.45, 7) is 12.1. The molecule has 2 N–H and O–H groups in total. The summed E-state index contributed by atoms with van der Waals surface area (Å²) in [6.07, 6.45) is 7.64. The maximum absolute atomic E-state index is 10.9. The summed E-state index contributed by atoms with van der Waals surface area (Å²) in [5.74, 6) is 5.34. The molecule has 0 amide bonds. The Hall–Kier alpha value is -0.900. The number of nitrogens with two attached hydrogens (primary N) is 1. The number of carbonyl (C=O) groups excluding carboxylic acids is 1. The molecule has 0 aromatic heterocycles. The largest absolute Gasteiger partial charge is 0.323 e. The lowest BCUT2D eigenvalue weighted by Gasteiger charge is -2.32. The standard InChI is InChI=1S/C17H33N3O/c1-16(2,8-5-9-17(3,4)14-21)10-13-20-11-6-15(19-18)7-12-20/h14H,5-13,18H2,1-4H3. The molecule has 1 heterocycles. The molecule has 4 heteroatoms. The van der Waals surface area contributed by atoms with Crippen molar-refractivity contribution in [2.24, 2.45) is 21.8 Å². The van der Waals surface area contributed by atoms with Crippen molar-refractivity contribution in [1.29, 1.82) is 0 Å². The zero-order valence-corrected chi connectivity index (χ0v) is 14.3. The average Bonchev–Trinajstić information content (AvgIpc) is 2.45. The van der Waals surface area contributed by atoms with Gasteiger partial charge in [-0.3, -0.25) is 0 Å². The first-order valence-electron chi connectivity index (χ1n) is 8.22. The molecule has 1 aliphatic heterocycles. The van der Waals surface area contributed by atoms with Crippen LogP contribution in [-0.4, -0.2) is 36.5 Å². The smallest absolute Gasteiger partial charge is 0.125 e. The van der Waals surface area contributed by atoms with Gasteiger partial charge in [0.25, 0.3) is 0 Å². The quantitative estimate of drug-likeness (QED) is 0.425. The van der Waals surface area contributed by atoms with Crippen LogP contribution in [0.1, 0.15) is 66.2 Å². The summed E-state index contributed by atoms with van der Waals surface area (Å²) >= 11 is 0. The van der Waals surface area contributed by atoms with E-state index < -0.39 is 0 Å². The summed E-state index contributed by atoms with van der Waals surface area (Å²) in [6, 6.07) is 0. The fourth-order valence-electron chi connectivity index (χ4n) is 2.83. The molecule has 0 aromatic rings. The van der Waals surface area contributed by atoms with Gasteiger partial charge in [-0.2, -0.15) is 5.10 Å². The highest BCUT2D eigenvalue weighted by Gasteiger charge is 2.23. The number of hydrogen-bond acceptors (Lipinski definition) is 4. The summed E-state index contributed by atoms with van der Waals surface area (Å²) in [7, 11) is 0. The van der Waals surface area contributed by atoms with E-state index in [9.17, 15) is 4.79 Å². The molecule has 0 unspecified atom stereocenters. The monoisotopic (exact) mass is 295 g/mol. The highest BCUT2D eigenvalue weighted by molar-refractivity contribution is 5.85. The summed E-state index contributed by atoms with van der Waals surface area (Å²) in [5, 5.41) is 3.82. The predicted molar refractivity (Wildman–Crippen MR) is 89.4 cm³/mol. The molecule has 4 nitrogen and oxygen atoms in total. The number of carbonyl (C=O) groups is 1. The van der Waals surface area contributed by atoms with Gasteiger partial charge in [-0.05, 0) is 31.2 Å².